The molecule has 0 aliphatic carbocycles. The quantitative estimate of drug-likeness (QED) is 0.0949. The number of nitrogens with zero attached hydrogens (tertiary/aromatic N) is 2. The molecule has 8 nitrogen and oxygen atoms in total. The van der Waals surface area contributed by atoms with E-state index >= 15 is 0 Å². The molecular weight excluding hydrogens is 961 g/mol. The summed E-state index contributed by atoms with van der Waals surface area (Å²) in [4.78, 5) is 6.48. The van der Waals surface area contributed by atoms with Gasteiger partial charge in [0.1, 0.15) is 46.0 Å². The first-order valence-electron chi connectivity index (χ1n) is 25.2. The van der Waals surface area contributed by atoms with Crippen LogP contribution in [-0.2, 0) is 0 Å². The average molecular weight is 1010 g/mol. The molecule has 9 heteroatoms. The maximum atomic E-state index is 6.55. The van der Waals surface area contributed by atoms with Gasteiger partial charge in [0.05, 0.1) is 23.0 Å². The molecule has 0 amide bonds. The number of benzene rings is 10. The zero-order chi connectivity index (χ0) is 50.9. The molecule has 76 heavy (non-hydrogen) atoms. The van der Waals surface area contributed by atoms with Gasteiger partial charge in [-0.2, -0.15) is 0 Å². The molecule has 0 atom stereocenters. The maximum Gasteiger partial charge on any atom is 0.180 e. The third-order valence-corrected chi connectivity index (χ3v) is 13.9. The Labute approximate surface area is 446 Å². The standard InChI is InChI=1S/C67H50N2O6S/c1-5-14-56(15-6-1)72-60-38-30-52(31-39-60)68(53-32-40-61(41-33-53)73-57-16-7-2-8-17-57)50-26-22-48(23-27-50)66-64-65(71-47-13-46-70-64)67(76-66)49-24-28-51(29-25-49)69(54-34-42-62(43-35-54)74-58-18-9-3-10-19-58)55-36-44-63(45-37-55)75-59-20-11-4-12-21-59/h1-12,14-45H,13,46-47H2. The highest BCUT2D eigenvalue weighted by atomic mass is 32.1. The van der Waals surface area contributed by atoms with Crippen LogP contribution in [0.3, 0.4) is 0 Å². The van der Waals surface area contributed by atoms with E-state index in [0.29, 0.717) is 13.2 Å². The molecule has 1 aliphatic heterocycles. The maximum absolute atomic E-state index is 6.55. The Morgan fingerprint density at radius 2 is 0.487 bits per heavy atom. The minimum Gasteiger partial charge on any atom is -0.488 e. The van der Waals surface area contributed by atoms with Crippen molar-refractivity contribution in [1.29, 1.82) is 0 Å². The van der Waals surface area contributed by atoms with Crippen LogP contribution in [0.2, 0.25) is 0 Å². The van der Waals surface area contributed by atoms with E-state index in [1.54, 1.807) is 11.3 Å². The molecule has 0 spiro atoms. The van der Waals surface area contributed by atoms with Gasteiger partial charge in [-0.25, -0.2) is 0 Å². The SMILES string of the molecule is c1ccc(Oc2ccc(N(c3ccc(Oc4ccccc4)cc3)c3ccc(-c4sc(-c5ccc(N(c6ccc(Oc7ccccc7)cc6)c6ccc(Oc7ccccc7)cc6)cc5)c5c4OCCCO5)cc3)cc2)cc1. The van der Waals surface area contributed by atoms with Crippen LogP contribution in [0, 0.1) is 0 Å². The number of ether oxygens (including phenoxy) is 6. The summed E-state index contributed by atoms with van der Waals surface area (Å²) in [5, 5.41) is 0. The summed E-state index contributed by atoms with van der Waals surface area (Å²) < 4.78 is 37.8. The van der Waals surface area contributed by atoms with Crippen molar-refractivity contribution < 1.29 is 28.4 Å². The van der Waals surface area contributed by atoms with Crippen molar-refractivity contribution in [1.82, 2.24) is 0 Å². The summed E-state index contributed by atoms with van der Waals surface area (Å²) in [7, 11) is 0. The predicted octanol–water partition coefficient (Wildman–Crippen LogP) is 19.4. The van der Waals surface area contributed by atoms with Gasteiger partial charge in [0.2, 0.25) is 0 Å². The Kier molecular flexibility index (Phi) is 13.8. The first-order chi connectivity index (χ1) is 37.6. The number of hydrogen-bond donors (Lipinski definition) is 0. The number of hydrogen-bond acceptors (Lipinski definition) is 9. The largest absolute Gasteiger partial charge is 0.488 e. The van der Waals surface area contributed by atoms with E-state index in [-0.39, 0.29) is 0 Å². The van der Waals surface area contributed by atoms with Crippen molar-refractivity contribution in [2.24, 2.45) is 0 Å². The molecule has 0 N–H and O–H groups in total. The fourth-order valence-corrected chi connectivity index (χ4v) is 10.2. The highest BCUT2D eigenvalue weighted by Gasteiger charge is 2.26. The molecule has 12 rings (SSSR count). The normalized spacial score (nSPS) is 11.7. The lowest BCUT2D eigenvalue weighted by molar-refractivity contribution is 0.297. The van der Waals surface area contributed by atoms with E-state index in [0.717, 1.165) is 119 Å². The van der Waals surface area contributed by atoms with Crippen molar-refractivity contribution in [3.05, 3.63) is 267 Å². The molecule has 0 fully saturated rings. The molecule has 1 aromatic heterocycles. The molecule has 11 aromatic rings. The molecule has 0 saturated carbocycles. The first kappa shape index (κ1) is 47.3. The molecule has 10 aromatic carbocycles. The topological polar surface area (TPSA) is 61.9 Å². The van der Waals surface area contributed by atoms with Crippen LogP contribution in [-0.4, -0.2) is 13.2 Å². The number of anilines is 6. The molecule has 2 heterocycles. The van der Waals surface area contributed by atoms with Crippen molar-refractivity contribution in [3.63, 3.8) is 0 Å². The van der Waals surface area contributed by atoms with Gasteiger partial charge < -0.3 is 38.2 Å². The van der Waals surface area contributed by atoms with Crippen LogP contribution in [0.1, 0.15) is 6.42 Å². The Hall–Kier alpha value is -9.70. The Bertz CT molecular complexity index is 3210. The second-order valence-electron chi connectivity index (χ2n) is 17.9. The van der Waals surface area contributed by atoms with E-state index in [2.05, 4.69) is 107 Å². The Morgan fingerprint density at radius 3 is 0.737 bits per heavy atom. The van der Waals surface area contributed by atoms with Gasteiger partial charge in [-0.05, 0) is 181 Å². The number of para-hydroxylation sites is 4. The number of rotatable bonds is 16. The lowest BCUT2D eigenvalue weighted by Crippen LogP contribution is -2.09. The molecule has 370 valence electrons. The second kappa shape index (κ2) is 22.2. The van der Waals surface area contributed by atoms with Gasteiger partial charge in [-0.1, -0.05) is 97.1 Å². The lowest BCUT2D eigenvalue weighted by atomic mass is 10.1. The minimum absolute atomic E-state index is 0.564. The van der Waals surface area contributed by atoms with Crippen molar-refractivity contribution in [2.45, 2.75) is 6.42 Å². The van der Waals surface area contributed by atoms with Crippen LogP contribution >= 0.6 is 11.3 Å². The smallest absolute Gasteiger partial charge is 0.180 e. The van der Waals surface area contributed by atoms with E-state index in [1.807, 2.05) is 170 Å². The summed E-state index contributed by atoms with van der Waals surface area (Å²) in [5.74, 6) is 7.67. The predicted molar refractivity (Wildman–Crippen MR) is 306 cm³/mol. The van der Waals surface area contributed by atoms with E-state index < -0.39 is 0 Å². The van der Waals surface area contributed by atoms with E-state index in [4.69, 9.17) is 28.4 Å². The highest BCUT2D eigenvalue weighted by molar-refractivity contribution is 7.19. The Morgan fingerprint density at radius 1 is 0.263 bits per heavy atom. The van der Waals surface area contributed by atoms with Crippen LogP contribution in [0.15, 0.2) is 267 Å². The zero-order valence-electron chi connectivity index (χ0n) is 41.3. The average Bonchev–Trinajstić information content (AvgIpc) is 3.68. The fourth-order valence-electron chi connectivity index (χ4n) is 9.02. The molecule has 1 aliphatic rings. The molecule has 0 saturated heterocycles. The second-order valence-corrected chi connectivity index (χ2v) is 18.9. The summed E-state index contributed by atoms with van der Waals surface area (Å²) in [5.41, 5.74) is 7.91. The Balaban J connectivity index is 0.850. The molecular formula is C67H50N2O6S. The molecule has 0 radical (unpaired) electrons. The third kappa shape index (κ3) is 10.8. The summed E-state index contributed by atoms with van der Waals surface area (Å²) in [6.45, 7) is 1.13. The van der Waals surface area contributed by atoms with Crippen LogP contribution in [0.4, 0.5) is 34.1 Å². The summed E-state index contributed by atoms with van der Waals surface area (Å²) in [6, 6.07) is 89.2. The van der Waals surface area contributed by atoms with Crippen LogP contribution in [0.5, 0.6) is 57.5 Å². The van der Waals surface area contributed by atoms with Crippen LogP contribution in [0.25, 0.3) is 20.9 Å². The highest BCUT2D eigenvalue weighted by Crippen LogP contribution is 2.54. The lowest BCUT2D eigenvalue weighted by Gasteiger charge is -2.26. The van der Waals surface area contributed by atoms with E-state index in [9.17, 15) is 0 Å². The van der Waals surface area contributed by atoms with Gasteiger partial charge in [-0.3, -0.25) is 0 Å². The van der Waals surface area contributed by atoms with Gasteiger partial charge in [-0.15, -0.1) is 11.3 Å². The van der Waals surface area contributed by atoms with Gasteiger partial charge >= 0.3 is 0 Å². The fraction of sp³-hybridized carbons (Fsp3) is 0.0448. The number of fused-ring (bicyclic) bond motifs is 1. The van der Waals surface area contributed by atoms with Gasteiger partial charge in [0.15, 0.2) is 11.5 Å². The molecule has 0 bridgehead atoms. The van der Waals surface area contributed by atoms with Gasteiger partial charge in [0.25, 0.3) is 0 Å². The zero-order valence-corrected chi connectivity index (χ0v) is 42.1. The van der Waals surface area contributed by atoms with Crippen molar-refractivity contribution in [3.8, 4) is 78.4 Å². The van der Waals surface area contributed by atoms with Gasteiger partial charge in [0, 0.05) is 40.5 Å². The van der Waals surface area contributed by atoms with Crippen molar-refractivity contribution >= 4 is 45.5 Å². The first-order valence-corrected chi connectivity index (χ1v) is 26.0. The monoisotopic (exact) mass is 1010 g/mol. The minimum atomic E-state index is 0.564. The third-order valence-electron chi connectivity index (χ3n) is 12.7. The van der Waals surface area contributed by atoms with Crippen molar-refractivity contribution in [2.75, 3.05) is 23.0 Å². The molecule has 0 unspecified atom stereocenters. The van der Waals surface area contributed by atoms with Crippen LogP contribution < -0.4 is 38.2 Å². The summed E-state index contributed by atoms with van der Waals surface area (Å²) in [6.07, 6.45) is 0.786. The number of thiophene rings is 1. The van der Waals surface area contributed by atoms with E-state index in [1.165, 1.54) is 0 Å². The summed E-state index contributed by atoms with van der Waals surface area (Å²) >= 11 is 1.68.